The molecule has 20 heavy (non-hydrogen) atoms. The maximum absolute atomic E-state index is 11.5. The molecule has 0 amide bonds. The normalized spacial score (nSPS) is 24.4. The van der Waals surface area contributed by atoms with E-state index in [1.54, 1.807) is 7.05 Å². The van der Waals surface area contributed by atoms with Gasteiger partial charge in [0.25, 0.3) is 0 Å². The molecule has 0 aliphatic carbocycles. The number of hydrogen-bond donors (Lipinski definition) is 1. The number of nitrogens with zero attached hydrogens (tertiary/aromatic N) is 1. The van der Waals surface area contributed by atoms with Gasteiger partial charge in [-0.25, -0.2) is 4.79 Å². The van der Waals surface area contributed by atoms with Gasteiger partial charge in [-0.3, -0.25) is 4.57 Å². The molecule has 5 heteroatoms. The van der Waals surface area contributed by atoms with E-state index in [2.05, 4.69) is 18.3 Å². The van der Waals surface area contributed by atoms with Crippen molar-refractivity contribution in [3.63, 3.8) is 0 Å². The van der Waals surface area contributed by atoms with E-state index in [1.165, 1.54) is 4.57 Å². The minimum absolute atomic E-state index is 0.217. The zero-order chi connectivity index (χ0) is 14.3. The third-order valence-electron chi connectivity index (χ3n) is 4.19. The predicted octanol–water partition coefficient (Wildman–Crippen LogP) is 1.82. The second kappa shape index (κ2) is 5.07. The van der Waals surface area contributed by atoms with Gasteiger partial charge >= 0.3 is 5.76 Å². The molecule has 1 aromatic carbocycles. The van der Waals surface area contributed by atoms with Gasteiger partial charge in [0.15, 0.2) is 5.58 Å². The number of aromatic nitrogens is 1. The van der Waals surface area contributed by atoms with Gasteiger partial charge in [-0.15, -0.1) is 0 Å². The average Bonchev–Trinajstić information content (AvgIpc) is 2.96. The fourth-order valence-corrected chi connectivity index (χ4v) is 3.10. The van der Waals surface area contributed by atoms with Crippen LogP contribution in [0.15, 0.2) is 27.4 Å². The van der Waals surface area contributed by atoms with Crippen LogP contribution < -0.4 is 11.1 Å². The van der Waals surface area contributed by atoms with Crippen molar-refractivity contribution in [1.82, 2.24) is 9.88 Å². The Morgan fingerprint density at radius 1 is 1.45 bits per heavy atom. The van der Waals surface area contributed by atoms with E-state index < -0.39 is 0 Å². The van der Waals surface area contributed by atoms with Crippen LogP contribution in [0.25, 0.3) is 11.1 Å². The highest BCUT2D eigenvalue weighted by molar-refractivity contribution is 5.73. The van der Waals surface area contributed by atoms with Crippen LogP contribution in [-0.2, 0) is 11.8 Å². The molecule has 1 aliphatic heterocycles. The Balaban J connectivity index is 1.97. The highest BCUT2D eigenvalue weighted by Gasteiger charge is 2.30. The Kier molecular flexibility index (Phi) is 3.40. The molecule has 3 rings (SSSR count). The molecule has 2 aromatic rings. The first kappa shape index (κ1) is 13.4. The van der Waals surface area contributed by atoms with Crippen LogP contribution in [0.5, 0.6) is 0 Å². The molecular weight excluding hydrogens is 256 g/mol. The summed E-state index contributed by atoms with van der Waals surface area (Å²) in [5.74, 6) is 0.124. The summed E-state index contributed by atoms with van der Waals surface area (Å²) in [6, 6.07) is 6.18. The molecule has 0 spiro atoms. The van der Waals surface area contributed by atoms with E-state index in [4.69, 9.17) is 9.15 Å². The van der Waals surface area contributed by atoms with E-state index in [9.17, 15) is 4.79 Å². The van der Waals surface area contributed by atoms with Crippen LogP contribution in [0.4, 0.5) is 0 Å². The van der Waals surface area contributed by atoms with Gasteiger partial charge in [0.05, 0.1) is 18.2 Å². The molecule has 0 radical (unpaired) electrons. The topological polar surface area (TPSA) is 56.4 Å². The van der Waals surface area contributed by atoms with Gasteiger partial charge in [-0.2, -0.15) is 0 Å². The molecule has 1 fully saturated rings. The minimum atomic E-state index is -0.323. The SMILES string of the molecule is CNC(c1ccc2c(c1)oc(=O)n2C)C1COC(C)C1. The number of aryl methyl sites for hydroxylation is 1. The fraction of sp³-hybridized carbons (Fsp3) is 0.533. The number of benzene rings is 1. The lowest BCUT2D eigenvalue weighted by Gasteiger charge is -2.22. The van der Waals surface area contributed by atoms with Gasteiger partial charge < -0.3 is 14.5 Å². The van der Waals surface area contributed by atoms with Gasteiger partial charge in [0, 0.05) is 19.0 Å². The summed E-state index contributed by atoms with van der Waals surface area (Å²) in [7, 11) is 3.68. The Labute approximate surface area is 117 Å². The number of ether oxygens (including phenoxy) is 1. The zero-order valence-electron chi connectivity index (χ0n) is 12.1. The van der Waals surface area contributed by atoms with Crippen molar-refractivity contribution in [1.29, 1.82) is 0 Å². The molecule has 2 heterocycles. The number of rotatable bonds is 3. The van der Waals surface area contributed by atoms with E-state index in [-0.39, 0.29) is 11.8 Å². The standard InChI is InChI=1S/C15H20N2O3/c1-9-6-11(8-19-9)14(16-2)10-4-5-12-13(7-10)20-15(18)17(12)3/h4-5,7,9,11,14,16H,6,8H2,1-3H3. The third kappa shape index (κ3) is 2.17. The third-order valence-corrected chi connectivity index (χ3v) is 4.19. The van der Waals surface area contributed by atoms with Crippen LogP contribution in [0.2, 0.25) is 0 Å². The molecule has 3 atom stereocenters. The molecule has 1 aromatic heterocycles. The summed E-state index contributed by atoms with van der Waals surface area (Å²) in [5, 5.41) is 3.36. The first-order valence-electron chi connectivity index (χ1n) is 6.98. The summed E-state index contributed by atoms with van der Waals surface area (Å²) in [6.07, 6.45) is 1.36. The van der Waals surface area contributed by atoms with Crippen LogP contribution in [0.1, 0.15) is 24.9 Å². The number of hydrogen-bond acceptors (Lipinski definition) is 4. The summed E-state index contributed by atoms with van der Waals surface area (Å²) < 4.78 is 12.5. The largest absolute Gasteiger partial charge is 0.419 e. The Hall–Kier alpha value is -1.59. The first-order chi connectivity index (χ1) is 9.60. The van der Waals surface area contributed by atoms with Gasteiger partial charge in [-0.05, 0) is 38.1 Å². The lowest BCUT2D eigenvalue weighted by atomic mass is 9.91. The summed E-state index contributed by atoms with van der Waals surface area (Å²) in [5.41, 5.74) is 2.60. The monoisotopic (exact) mass is 276 g/mol. The molecule has 1 saturated heterocycles. The van der Waals surface area contributed by atoms with Crippen molar-refractivity contribution in [2.45, 2.75) is 25.5 Å². The van der Waals surface area contributed by atoms with Crippen LogP contribution in [-0.4, -0.2) is 24.3 Å². The smallest absolute Gasteiger partial charge is 0.408 e. The van der Waals surface area contributed by atoms with Crippen molar-refractivity contribution < 1.29 is 9.15 Å². The van der Waals surface area contributed by atoms with E-state index in [1.807, 2.05) is 19.2 Å². The summed E-state index contributed by atoms with van der Waals surface area (Å²) in [6.45, 7) is 2.87. The first-order valence-corrected chi connectivity index (χ1v) is 6.98. The van der Waals surface area contributed by atoms with Crippen molar-refractivity contribution in [2.75, 3.05) is 13.7 Å². The Morgan fingerprint density at radius 2 is 2.25 bits per heavy atom. The van der Waals surface area contributed by atoms with Crippen LogP contribution >= 0.6 is 0 Å². The molecule has 3 unspecified atom stereocenters. The number of oxazole rings is 1. The van der Waals surface area contributed by atoms with Gasteiger partial charge in [0.2, 0.25) is 0 Å². The zero-order valence-corrected chi connectivity index (χ0v) is 12.1. The maximum Gasteiger partial charge on any atom is 0.419 e. The Morgan fingerprint density at radius 3 is 2.90 bits per heavy atom. The lowest BCUT2D eigenvalue weighted by Crippen LogP contribution is -2.25. The van der Waals surface area contributed by atoms with Crippen LogP contribution in [0.3, 0.4) is 0 Å². The maximum atomic E-state index is 11.5. The predicted molar refractivity (Wildman–Crippen MR) is 76.8 cm³/mol. The average molecular weight is 276 g/mol. The van der Waals surface area contributed by atoms with Crippen molar-refractivity contribution in [3.05, 3.63) is 34.3 Å². The summed E-state index contributed by atoms with van der Waals surface area (Å²) in [4.78, 5) is 11.5. The second-order valence-corrected chi connectivity index (χ2v) is 5.56. The van der Waals surface area contributed by atoms with Gasteiger partial charge in [0.1, 0.15) is 0 Å². The van der Waals surface area contributed by atoms with Crippen molar-refractivity contribution >= 4 is 11.1 Å². The second-order valence-electron chi connectivity index (χ2n) is 5.56. The molecule has 1 aliphatic rings. The van der Waals surface area contributed by atoms with E-state index in [0.717, 1.165) is 24.1 Å². The van der Waals surface area contributed by atoms with Gasteiger partial charge in [-0.1, -0.05) is 6.07 Å². The number of fused-ring (bicyclic) bond motifs is 1. The fourth-order valence-electron chi connectivity index (χ4n) is 3.10. The molecule has 108 valence electrons. The van der Waals surface area contributed by atoms with Crippen LogP contribution in [0, 0.1) is 5.92 Å². The molecule has 5 nitrogen and oxygen atoms in total. The van der Waals surface area contributed by atoms with Crippen molar-refractivity contribution in [3.8, 4) is 0 Å². The van der Waals surface area contributed by atoms with E-state index >= 15 is 0 Å². The quantitative estimate of drug-likeness (QED) is 0.929. The molecule has 0 saturated carbocycles. The van der Waals surface area contributed by atoms with Crippen molar-refractivity contribution in [2.24, 2.45) is 13.0 Å². The Bertz CT molecular complexity index is 673. The summed E-state index contributed by atoms with van der Waals surface area (Å²) >= 11 is 0. The molecular formula is C15H20N2O3. The highest BCUT2D eigenvalue weighted by Crippen LogP contribution is 2.32. The molecule has 0 bridgehead atoms. The van der Waals surface area contributed by atoms with E-state index in [0.29, 0.717) is 17.6 Å². The molecule has 1 N–H and O–H groups in total. The lowest BCUT2D eigenvalue weighted by molar-refractivity contribution is 0.117. The minimum Gasteiger partial charge on any atom is -0.408 e. The highest BCUT2D eigenvalue weighted by atomic mass is 16.5. The number of nitrogens with one attached hydrogen (secondary N) is 1.